The third-order valence-electron chi connectivity index (χ3n) is 4.39. The molecule has 0 saturated heterocycles. The van der Waals surface area contributed by atoms with Gasteiger partial charge in [0.15, 0.2) is 0 Å². The van der Waals surface area contributed by atoms with Crippen molar-refractivity contribution in [3.63, 3.8) is 0 Å². The van der Waals surface area contributed by atoms with Crippen LogP contribution in [-0.4, -0.2) is 17.0 Å². The first kappa shape index (κ1) is 15.5. The molecule has 0 radical (unpaired) electrons. The van der Waals surface area contributed by atoms with E-state index in [1.165, 1.54) is 5.56 Å². The number of carboxylic acids is 1. The fraction of sp³-hybridized carbons (Fsp3) is 0.529. The van der Waals surface area contributed by atoms with Gasteiger partial charge < -0.3 is 10.4 Å². The molecular formula is C17H23NO3. The maximum absolute atomic E-state index is 12.4. The first-order valence-corrected chi connectivity index (χ1v) is 7.48. The summed E-state index contributed by atoms with van der Waals surface area (Å²) in [7, 11) is 0. The molecule has 1 aliphatic rings. The highest BCUT2D eigenvalue weighted by Crippen LogP contribution is 2.36. The SMILES string of the molecule is Cc1ccc([C@H](C)NC(=O)C2CC(C)CC2C(=O)O)cc1. The molecule has 1 fully saturated rings. The van der Waals surface area contributed by atoms with Gasteiger partial charge in [0.2, 0.25) is 5.91 Å². The van der Waals surface area contributed by atoms with E-state index >= 15 is 0 Å². The molecule has 0 spiro atoms. The van der Waals surface area contributed by atoms with Crippen LogP contribution in [0.25, 0.3) is 0 Å². The molecular weight excluding hydrogens is 266 g/mol. The number of carbonyl (C=O) groups is 2. The predicted octanol–water partition coefficient (Wildman–Crippen LogP) is 2.92. The van der Waals surface area contributed by atoms with Gasteiger partial charge in [0.25, 0.3) is 0 Å². The van der Waals surface area contributed by atoms with Crippen LogP contribution in [0.5, 0.6) is 0 Å². The molecule has 1 aromatic rings. The monoisotopic (exact) mass is 289 g/mol. The third kappa shape index (κ3) is 3.63. The molecule has 2 rings (SSSR count). The highest BCUT2D eigenvalue weighted by Gasteiger charge is 2.41. The minimum atomic E-state index is -0.859. The highest BCUT2D eigenvalue weighted by atomic mass is 16.4. The smallest absolute Gasteiger partial charge is 0.307 e. The number of carbonyl (C=O) groups excluding carboxylic acids is 1. The number of benzene rings is 1. The number of hydrogen-bond donors (Lipinski definition) is 2. The van der Waals surface area contributed by atoms with E-state index in [1.807, 2.05) is 45.0 Å². The Morgan fingerprint density at radius 3 is 2.33 bits per heavy atom. The molecule has 0 bridgehead atoms. The lowest BCUT2D eigenvalue weighted by Crippen LogP contribution is -2.36. The first-order chi connectivity index (χ1) is 9.88. The van der Waals surface area contributed by atoms with Gasteiger partial charge in [-0.1, -0.05) is 36.8 Å². The van der Waals surface area contributed by atoms with Gasteiger partial charge >= 0.3 is 5.97 Å². The van der Waals surface area contributed by atoms with Crippen molar-refractivity contribution in [3.8, 4) is 0 Å². The maximum atomic E-state index is 12.4. The van der Waals surface area contributed by atoms with Crippen molar-refractivity contribution in [1.29, 1.82) is 0 Å². The minimum absolute atomic E-state index is 0.108. The Labute approximate surface area is 125 Å². The lowest BCUT2D eigenvalue weighted by atomic mass is 9.94. The molecule has 4 nitrogen and oxygen atoms in total. The van der Waals surface area contributed by atoms with Crippen LogP contribution >= 0.6 is 0 Å². The fourth-order valence-electron chi connectivity index (χ4n) is 3.11. The lowest BCUT2D eigenvalue weighted by molar-refractivity contribution is -0.146. The Bertz CT molecular complexity index is 523. The number of amides is 1. The second-order valence-electron chi connectivity index (χ2n) is 6.27. The molecule has 0 aromatic heterocycles. The van der Waals surface area contributed by atoms with Gasteiger partial charge in [0.1, 0.15) is 0 Å². The van der Waals surface area contributed by atoms with Crippen molar-refractivity contribution in [1.82, 2.24) is 5.32 Å². The molecule has 0 aliphatic heterocycles. The van der Waals surface area contributed by atoms with Crippen molar-refractivity contribution in [2.45, 2.75) is 39.7 Å². The molecule has 4 atom stereocenters. The molecule has 1 amide bonds. The Kier molecular flexibility index (Phi) is 4.66. The van der Waals surface area contributed by atoms with E-state index in [0.29, 0.717) is 12.8 Å². The van der Waals surface area contributed by atoms with Crippen LogP contribution in [0.1, 0.15) is 43.9 Å². The quantitative estimate of drug-likeness (QED) is 0.895. The van der Waals surface area contributed by atoms with Crippen LogP contribution in [-0.2, 0) is 9.59 Å². The predicted molar refractivity (Wildman–Crippen MR) is 80.8 cm³/mol. The number of hydrogen-bond acceptors (Lipinski definition) is 2. The number of carboxylic acid groups (broad SMARTS) is 1. The van der Waals surface area contributed by atoms with E-state index in [1.54, 1.807) is 0 Å². The van der Waals surface area contributed by atoms with Crippen LogP contribution in [0.15, 0.2) is 24.3 Å². The summed E-state index contributed by atoms with van der Waals surface area (Å²) >= 11 is 0. The van der Waals surface area contributed by atoms with Gasteiger partial charge in [-0.2, -0.15) is 0 Å². The molecule has 4 heteroatoms. The van der Waals surface area contributed by atoms with E-state index in [4.69, 9.17) is 0 Å². The Morgan fingerprint density at radius 2 is 1.76 bits per heavy atom. The van der Waals surface area contributed by atoms with Crippen LogP contribution in [0.4, 0.5) is 0 Å². The third-order valence-corrected chi connectivity index (χ3v) is 4.39. The molecule has 21 heavy (non-hydrogen) atoms. The molecule has 2 N–H and O–H groups in total. The van der Waals surface area contributed by atoms with Crippen molar-refractivity contribution < 1.29 is 14.7 Å². The summed E-state index contributed by atoms with van der Waals surface area (Å²) in [5.41, 5.74) is 2.21. The fourth-order valence-corrected chi connectivity index (χ4v) is 3.11. The molecule has 114 valence electrons. The van der Waals surface area contributed by atoms with Crippen molar-refractivity contribution in [3.05, 3.63) is 35.4 Å². The summed E-state index contributed by atoms with van der Waals surface area (Å²) in [6, 6.07) is 7.90. The maximum Gasteiger partial charge on any atom is 0.307 e. The van der Waals surface area contributed by atoms with E-state index < -0.39 is 17.8 Å². The summed E-state index contributed by atoms with van der Waals surface area (Å²) in [6.45, 7) is 5.95. The molecule has 1 aliphatic carbocycles. The van der Waals surface area contributed by atoms with E-state index in [2.05, 4.69) is 5.32 Å². The van der Waals surface area contributed by atoms with Crippen molar-refractivity contribution in [2.75, 3.05) is 0 Å². The molecule has 1 aromatic carbocycles. The average molecular weight is 289 g/mol. The van der Waals surface area contributed by atoms with Gasteiger partial charge in [-0.15, -0.1) is 0 Å². The Morgan fingerprint density at radius 1 is 1.19 bits per heavy atom. The van der Waals surface area contributed by atoms with Crippen LogP contribution in [0.2, 0.25) is 0 Å². The van der Waals surface area contributed by atoms with Crippen LogP contribution in [0, 0.1) is 24.7 Å². The minimum Gasteiger partial charge on any atom is -0.481 e. The average Bonchev–Trinajstić information content (AvgIpc) is 2.82. The van der Waals surface area contributed by atoms with Gasteiger partial charge in [0.05, 0.1) is 17.9 Å². The lowest BCUT2D eigenvalue weighted by Gasteiger charge is -2.20. The zero-order valence-electron chi connectivity index (χ0n) is 12.8. The van der Waals surface area contributed by atoms with Gasteiger partial charge in [-0.3, -0.25) is 9.59 Å². The summed E-state index contributed by atoms with van der Waals surface area (Å²) in [4.78, 5) is 23.7. The zero-order valence-corrected chi connectivity index (χ0v) is 12.8. The summed E-state index contributed by atoms with van der Waals surface area (Å²) in [5.74, 6) is -1.67. The number of aryl methyl sites for hydroxylation is 1. The van der Waals surface area contributed by atoms with Gasteiger partial charge in [0, 0.05) is 0 Å². The molecule has 1 saturated carbocycles. The van der Waals surface area contributed by atoms with Crippen LogP contribution < -0.4 is 5.32 Å². The number of nitrogens with one attached hydrogen (secondary N) is 1. The molecule has 3 unspecified atom stereocenters. The van der Waals surface area contributed by atoms with E-state index in [0.717, 1.165) is 5.56 Å². The summed E-state index contributed by atoms with van der Waals surface area (Å²) in [5, 5.41) is 12.2. The highest BCUT2D eigenvalue weighted by molar-refractivity contribution is 5.85. The van der Waals surface area contributed by atoms with Gasteiger partial charge in [-0.25, -0.2) is 0 Å². The second-order valence-corrected chi connectivity index (χ2v) is 6.27. The van der Waals surface area contributed by atoms with E-state index in [-0.39, 0.29) is 17.9 Å². The summed E-state index contributed by atoms with van der Waals surface area (Å²) < 4.78 is 0. The topological polar surface area (TPSA) is 66.4 Å². The standard InChI is InChI=1S/C17H23NO3/c1-10-4-6-13(7-5-10)12(3)18-16(19)14-8-11(2)9-15(14)17(20)21/h4-7,11-12,14-15H,8-9H2,1-3H3,(H,18,19)(H,20,21)/t11?,12-,14?,15?/m0/s1. The van der Waals surface area contributed by atoms with Crippen molar-refractivity contribution in [2.24, 2.45) is 17.8 Å². The normalized spacial score (nSPS) is 26.3. The first-order valence-electron chi connectivity index (χ1n) is 7.48. The second kappa shape index (κ2) is 6.29. The van der Waals surface area contributed by atoms with E-state index in [9.17, 15) is 14.7 Å². The summed E-state index contributed by atoms with van der Waals surface area (Å²) in [6.07, 6.45) is 1.25. The van der Waals surface area contributed by atoms with Crippen molar-refractivity contribution >= 4 is 11.9 Å². The van der Waals surface area contributed by atoms with Gasteiger partial charge in [-0.05, 0) is 38.2 Å². The Balaban J connectivity index is 2.03. The largest absolute Gasteiger partial charge is 0.481 e. The Hall–Kier alpha value is -1.84. The number of rotatable bonds is 4. The number of aliphatic carboxylic acids is 1. The van der Waals surface area contributed by atoms with Crippen LogP contribution in [0.3, 0.4) is 0 Å². The molecule has 0 heterocycles. The zero-order chi connectivity index (χ0) is 15.6.